The summed E-state index contributed by atoms with van der Waals surface area (Å²) in [5.41, 5.74) is 1.00. The molecule has 3 atom stereocenters. The molecule has 0 aliphatic carbocycles. The standard InChI is InChI=1S/C16H15FN2O3/c1-21-11-6-4-10(5-7-11)16-19-15(13(9-20)22-16)14-12(17)3-2-8-18-14/h2-9,13,15-16,19H,1H3. The zero-order chi connectivity index (χ0) is 15.5. The van der Waals surface area contributed by atoms with Crippen molar-refractivity contribution in [2.45, 2.75) is 18.4 Å². The molecule has 1 aromatic heterocycles. The van der Waals surface area contributed by atoms with Gasteiger partial charge < -0.3 is 14.3 Å². The van der Waals surface area contributed by atoms with E-state index in [0.717, 1.165) is 11.3 Å². The number of hydrogen-bond donors (Lipinski definition) is 1. The third-order valence-electron chi connectivity index (χ3n) is 3.59. The molecule has 3 unspecified atom stereocenters. The third kappa shape index (κ3) is 2.70. The van der Waals surface area contributed by atoms with Crippen LogP contribution in [0.25, 0.3) is 0 Å². The molecule has 1 aliphatic heterocycles. The minimum atomic E-state index is -0.795. The molecule has 6 heteroatoms. The van der Waals surface area contributed by atoms with Crippen LogP contribution in [0.1, 0.15) is 23.5 Å². The number of carbonyl (C=O) groups excluding carboxylic acids is 1. The normalized spacial score (nSPS) is 24.2. The van der Waals surface area contributed by atoms with Crippen molar-refractivity contribution in [2.75, 3.05) is 7.11 Å². The molecule has 22 heavy (non-hydrogen) atoms. The Hall–Kier alpha value is -2.31. The van der Waals surface area contributed by atoms with Crippen molar-refractivity contribution >= 4 is 6.29 Å². The number of aromatic nitrogens is 1. The number of carbonyl (C=O) groups is 1. The molecule has 1 aliphatic rings. The first-order valence-corrected chi connectivity index (χ1v) is 6.84. The molecule has 0 amide bonds. The topological polar surface area (TPSA) is 60.5 Å². The van der Waals surface area contributed by atoms with Gasteiger partial charge in [0.2, 0.25) is 0 Å². The molecule has 5 nitrogen and oxygen atoms in total. The maximum Gasteiger partial charge on any atom is 0.150 e. The number of hydrogen-bond acceptors (Lipinski definition) is 5. The Morgan fingerprint density at radius 1 is 1.32 bits per heavy atom. The third-order valence-corrected chi connectivity index (χ3v) is 3.59. The summed E-state index contributed by atoms with van der Waals surface area (Å²) in [7, 11) is 1.58. The zero-order valence-electron chi connectivity index (χ0n) is 11.9. The van der Waals surface area contributed by atoms with Crippen molar-refractivity contribution in [3.05, 3.63) is 59.7 Å². The van der Waals surface area contributed by atoms with E-state index < -0.39 is 24.2 Å². The average Bonchev–Trinajstić information content (AvgIpc) is 2.99. The van der Waals surface area contributed by atoms with Crippen molar-refractivity contribution < 1.29 is 18.7 Å². The predicted molar refractivity (Wildman–Crippen MR) is 76.7 cm³/mol. The van der Waals surface area contributed by atoms with Crippen LogP contribution in [0.4, 0.5) is 4.39 Å². The molecule has 0 spiro atoms. The number of nitrogens with one attached hydrogen (secondary N) is 1. The lowest BCUT2D eigenvalue weighted by Crippen LogP contribution is -2.25. The summed E-state index contributed by atoms with van der Waals surface area (Å²) in [4.78, 5) is 15.3. The quantitative estimate of drug-likeness (QED) is 0.877. The summed E-state index contributed by atoms with van der Waals surface area (Å²) < 4.78 is 24.7. The van der Waals surface area contributed by atoms with Gasteiger partial charge in [-0.05, 0) is 29.8 Å². The van der Waals surface area contributed by atoms with E-state index in [1.54, 1.807) is 19.2 Å². The van der Waals surface area contributed by atoms with Crippen molar-refractivity contribution in [2.24, 2.45) is 0 Å². The number of ether oxygens (including phenoxy) is 2. The highest BCUT2D eigenvalue weighted by atomic mass is 19.1. The van der Waals surface area contributed by atoms with Gasteiger partial charge in [-0.15, -0.1) is 0 Å². The highest BCUT2D eigenvalue weighted by Crippen LogP contribution is 2.33. The van der Waals surface area contributed by atoms with Gasteiger partial charge in [-0.25, -0.2) is 4.39 Å². The maximum atomic E-state index is 13.9. The first kappa shape index (κ1) is 14.6. The van der Waals surface area contributed by atoms with E-state index in [1.165, 1.54) is 18.3 Å². The first-order chi connectivity index (χ1) is 10.7. The second-order valence-electron chi connectivity index (χ2n) is 4.90. The summed E-state index contributed by atoms with van der Waals surface area (Å²) in [6, 6.07) is 9.45. The highest BCUT2D eigenvalue weighted by molar-refractivity contribution is 5.59. The maximum absolute atomic E-state index is 13.9. The van der Waals surface area contributed by atoms with E-state index in [4.69, 9.17) is 9.47 Å². The molecule has 1 aromatic carbocycles. The fourth-order valence-electron chi connectivity index (χ4n) is 2.46. The van der Waals surface area contributed by atoms with E-state index in [0.29, 0.717) is 6.29 Å². The Labute approximate surface area is 127 Å². The van der Waals surface area contributed by atoms with E-state index in [2.05, 4.69) is 10.3 Å². The lowest BCUT2D eigenvalue weighted by Gasteiger charge is -2.13. The molecule has 0 radical (unpaired) electrons. The minimum Gasteiger partial charge on any atom is -0.497 e. The summed E-state index contributed by atoms with van der Waals surface area (Å²) >= 11 is 0. The second-order valence-corrected chi connectivity index (χ2v) is 4.90. The van der Waals surface area contributed by atoms with Gasteiger partial charge in [0.1, 0.15) is 23.9 Å². The molecule has 1 saturated heterocycles. The fraction of sp³-hybridized carbons (Fsp3) is 0.250. The molecule has 114 valence electrons. The SMILES string of the molecule is COc1ccc(C2NC(c3ncccc3F)C(C=O)O2)cc1. The molecule has 1 fully saturated rings. The van der Waals surface area contributed by atoms with Crippen molar-refractivity contribution in [3.8, 4) is 5.75 Å². The molecule has 1 N–H and O–H groups in total. The Morgan fingerprint density at radius 3 is 2.73 bits per heavy atom. The van der Waals surface area contributed by atoms with Crippen LogP contribution in [0.5, 0.6) is 5.75 Å². The molecule has 2 aromatic rings. The average molecular weight is 302 g/mol. The lowest BCUT2D eigenvalue weighted by atomic mass is 10.1. The van der Waals surface area contributed by atoms with Crippen LogP contribution >= 0.6 is 0 Å². The number of aldehydes is 1. The van der Waals surface area contributed by atoms with Gasteiger partial charge in [0.15, 0.2) is 6.29 Å². The first-order valence-electron chi connectivity index (χ1n) is 6.84. The van der Waals surface area contributed by atoms with Gasteiger partial charge in [0, 0.05) is 6.20 Å². The van der Waals surface area contributed by atoms with Crippen LogP contribution < -0.4 is 10.1 Å². The second kappa shape index (κ2) is 6.21. The van der Waals surface area contributed by atoms with Gasteiger partial charge in [0.05, 0.1) is 18.8 Å². The van der Waals surface area contributed by atoms with E-state index in [-0.39, 0.29) is 5.69 Å². The number of benzene rings is 1. The smallest absolute Gasteiger partial charge is 0.150 e. The highest BCUT2D eigenvalue weighted by Gasteiger charge is 2.38. The van der Waals surface area contributed by atoms with Crippen LogP contribution in [0.2, 0.25) is 0 Å². The Balaban J connectivity index is 1.85. The monoisotopic (exact) mass is 302 g/mol. The van der Waals surface area contributed by atoms with Gasteiger partial charge in [-0.1, -0.05) is 12.1 Å². The predicted octanol–water partition coefficient (Wildman–Crippen LogP) is 2.16. The summed E-state index contributed by atoms with van der Waals surface area (Å²) in [6.45, 7) is 0. The Bertz CT molecular complexity index is 663. The summed E-state index contributed by atoms with van der Waals surface area (Å²) in [5.74, 6) is 0.256. The summed E-state index contributed by atoms with van der Waals surface area (Å²) in [6.07, 6.45) is 0.849. The van der Waals surface area contributed by atoms with Crippen molar-refractivity contribution in [1.29, 1.82) is 0 Å². The van der Waals surface area contributed by atoms with Crippen LogP contribution in [0.3, 0.4) is 0 Å². The largest absolute Gasteiger partial charge is 0.497 e. The number of pyridine rings is 1. The Morgan fingerprint density at radius 2 is 2.09 bits per heavy atom. The fourth-order valence-corrected chi connectivity index (χ4v) is 2.46. The van der Waals surface area contributed by atoms with Crippen LogP contribution in [-0.4, -0.2) is 24.5 Å². The van der Waals surface area contributed by atoms with Crippen LogP contribution in [0.15, 0.2) is 42.6 Å². The van der Waals surface area contributed by atoms with Gasteiger partial charge in [-0.2, -0.15) is 0 Å². The number of rotatable bonds is 4. The van der Waals surface area contributed by atoms with E-state index >= 15 is 0 Å². The number of halogens is 1. The summed E-state index contributed by atoms with van der Waals surface area (Å²) in [5, 5.41) is 3.11. The zero-order valence-corrected chi connectivity index (χ0v) is 11.9. The molecule has 2 heterocycles. The molecular weight excluding hydrogens is 287 g/mol. The number of methoxy groups -OCH3 is 1. The lowest BCUT2D eigenvalue weighted by molar-refractivity contribution is -0.118. The van der Waals surface area contributed by atoms with Crippen molar-refractivity contribution in [3.63, 3.8) is 0 Å². The number of nitrogens with zero attached hydrogens (tertiary/aromatic N) is 1. The van der Waals surface area contributed by atoms with E-state index in [9.17, 15) is 9.18 Å². The van der Waals surface area contributed by atoms with Gasteiger partial charge in [0.25, 0.3) is 0 Å². The molecular formula is C16H15FN2O3. The van der Waals surface area contributed by atoms with Crippen molar-refractivity contribution in [1.82, 2.24) is 10.3 Å². The Kier molecular flexibility index (Phi) is 4.13. The van der Waals surface area contributed by atoms with Gasteiger partial charge >= 0.3 is 0 Å². The molecule has 0 saturated carbocycles. The minimum absolute atomic E-state index is 0.176. The van der Waals surface area contributed by atoms with Crippen LogP contribution in [-0.2, 0) is 9.53 Å². The molecule has 3 rings (SSSR count). The molecule has 0 bridgehead atoms. The van der Waals surface area contributed by atoms with Gasteiger partial charge in [-0.3, -0.25) is 10.3 Å². The van der Waals surface area contributed by atoms with Crippen LogP contribution in [0, 0.1) is 5.82 Å². The van der Waals surface area contributed by atoms with E-state index in [1.807, 2.05) is 12.1 Å².